The molecule has 0 saturated heterocycles. The number of amides is 1. The Morgan fingerprint density at radius 1 is 1.44 bits per heavy atom. The molecule has 2 N–H and O–H groups in total. The van der Waals surface area contributed by atoms with Crippen molar-refractivity contribution in [2.75, 3.05) is 13.1 Å². The summed E-state index contributed by atoms with van der Waals surface area (Å²) < 4.78 is 0. The van der Waals surface area contributed by atoms with Crippen molar-refractivity contribution >= 4 is 5.91 Å². The second-order valence-electron chi connectivity index (χ2n) is 4.71. The third kappa shape index (κ3) is 6.41. The van der Waals surface area contributed by atoms with Crippen LogP contribution in [0.5, 0.6) is 0 Å². The lowest BCUT2D eigenvalue weighted by Gasteiger charge is -2.18. The zero-order chi connectivity index (χ0) is 12.6. The van der Waals surface area contributed by atoms with Crippen LogP contribution >= 0.6 is 0 Å². The largest absolute Gasteiger partial charge is 0.355 e. The van der Waals surface area contributed by atoms with Gasteiger partial charge in [-0.05, 0) is 40.2 Å². The Morgan fingerprint density at radius 2 is 2.06 bits per heavy atom. The van der Waals surface area contributed by atoms with Crippen molar-refractivity contribution < 1.29 is 4.79 Å². The molecule has 0 aliphatic heterocycles. The molecule has 0 saturated carbocycles. The van der Waals surface area contributed by atoms with Crippen LogP contribution < -0.4 is 10.6 Å². The first kappa shape index (κ1) is 14.9. The van der Waals surface area contributed by atoms with Gasteiger partial charge in [0.15, 0.2) is 0 Å². The second-order valence-corrected chi connectivity index (χ2v) is 4.71. The van der Waals surface area contributed by atoms with Crippen LogP contribution in [0.3, 0.4) is 0 Å². The Morgan fingerprint density at radius 3 is 2.56 bits per heavy atom. The minimum Gasteiger partial charge on any atom is -0.355 e. The molecule has 4 nitrogen and oxygen atoms in total. The summed E-state index contributed by atoms with van der Waals surface area (Å²) in [6.45, 7) is 9.06. The Balaban J connectivity index is 3.78. The van der Waals surface area contributed by atoms with Gasteiger partial charge in [-0.2, -0.15) is 5.26 Å². The summed E-state index contributed by atoms with van der Waals surface area (Å²) in [6, 6.07) is 2.04. The van der Waals surface area contributed by atoms with Gasteiger partial charge >= 0.3 is 0 Å². The molecule has 0 rings (SSSR count). The Bertz CT molecular complexity index is 255. The molecule has 0 aromatic rings. The lowest BCUT2D eigenvalue weighted by molar-refractivity contribution is -0.122. The number of nitriles is 1. The minimum absolute atomic E-state index is 0.0246. The molecular formula is C12H23N3O. The summed E-state index contributed by atoms with van der Waals surface area (Å²) in [5.74, 6) is 0.0246. The van der Waals surface area contributed by atoms with Crippen molar-refractivity contribution in [2.45, 2.75) is 46.6 Å². The van der Waals surface area contributed by atoms with Crippen molar-refractivity contribution in [3.8, 4) is 6.07 Å². The lowest BCUT2D eigenvalue weighted by Crippen LogP contribution is -2.43. The number of rotatable bonds is 7. The average Bonchev–Trinajstić information content (AvgIpc) is 2.25. The number of hydrogen-bond acceptors (Lipinski definition) is 3. The maximum atomic E-state index is 11.5. The number of carbonyl (C=O) groups excluding carboxylic acids is 1. The van der Waals surface area contributed by atoms with Crippen LogP contribution in [0.25, 0.3) is 0 Å². The standard InChI is InChI=1S/C12H23N3O/c1-5-7-15-11(16)10(2)14-8-6-12(3,4)9-13/h10,14H,5-8H2,1-4H3,(H,15,16). The summed E-state index contributed by atoms with van der Waals surface area (Å²) in [5.41, 5.74) is -0.327. The molecule has 0 aromatic heterocycles. The van der Waals surface area contributed by atoms with E-state index in [1.165, 1.54) is 0 Å². The molecule has 0 aliphatic rings. The Hall–Kier alpha value is -1.08. The molecule has 0 fully saturated rings. The van der Waals surface area contributed by atoms with Gasteiger partial charge in [0.05, 0.1) is 17.5 Å². The second kappa shape index (κ2) is 7.24. The minimum atomic E-state index is -0.327. The molecule has 1 amide bonds. The van der Waals surface area contributed by atoms with Crippen molar-refractivity contribution in [1.29, 1.82) is 5.26 Å². The number of hydrogen-bond donors (Lipinski definition) is 2. The Labute approximate surface area is 98.4 Å². The van der Waals surface area contributed by atoms with Gasteiger partial charge in [-0.25, -0.2) is 0 Å². The molecule has 0 heterocycles. The first-order valence-corrected chi connectivity index (χ1v) is 5.85. The summed E-state index contributed by atoms with van der Waals surface area (Å²) in [5, 5.41) is 14.8. The highest BCUT2D eigenvalue weighted by Crippen LogP contribution is 2.17. The van der Waals surface area contributed by atoms with E-state index in [-0.39, 0.29) is 17.4 Å². The highest BCUT2D eigenvalue weighted by atomic mass is 16.2. The molecule has 1 unspecified atom stereocenters. The van der Waals surface area contributed by atoms with Crippen LogP contribution in [0.4, 0.5) is 0 Å². The maximum absolute atomic E-state index is 11.5. The summed E-state index contributed by atoms with van der Waals surface area (Å²) in [7, 11) is 0. The van der Waals surface area contributed by atoms with Crippen LogP contribution in [0.1, 0.15) is 40.5 Å². The van der Waals surface area contributed by atoms with E-state index >= 15 is 0 Å². The third-order valence-electron chi connectivity index (χ3n) is 2.45. The third-order valence-corrected chi connectivity index (χ3v) is 2.45. The topological polar surface area (TPSA) is 64.9 Å². The molecule has 0 aliphatic carbocycles. The van der Waals surface area contributed by atoms with E-state index in [1.54, 1.807) is 0 Å². The van der Waals surface area contributed by atoms with Crippen molar-refractivity contribution in [3.05, 3.63) is 0 Å². The van der Waals surface area contributed by atoms with E-state index in [0.29, 0.717) is 13.1 Å². The molecule has 4 heteroatoms. The molecule has 0 bridgehead atoms. The van der Waals surface area contributed by atoms with Crippen LogP contribution in [0.2, 0.25) is 0 Å². The number of nitrogens with one attached hydrogen (secondary N) is 2. The van der Waals surface area contributed by atoms with Gasteiger partial charge in [0.2, 0.25) is 5.91 Å². The summed E-state index contributed by atoms with van der Waals surface area (Å²) in [6.07, 6.45) is 1.69. The fourth-order valence-corrected chi connectivity index (χ4v) is 1.15. The lowest BCUT2D eigenvalue weighted by atomic mass is 9.91. The van der Waals surface area contributed by atoms with Gasteiger partial charge in [0.1, 0.15) is 0 Å². The first-order chi connectivity index (χ1) is 7.43. The van der Waals surface area contributed by atoms with E-state index in [2.05, 4.69) is 16.7 Å². The number of nitrogens with zero attached hydrogens (tertiary/aromatic N) is 1. The fourth-order valence-electron chi connectivity index (χ4n) is 1.15. The summed E-state index contributed by atoms with van der Waals surface area (Å²) in [4.78, 5) is 11.5. The first-order valence-electron chi connectivity index (χ1n) is 5.85. The van der Waals surface area contributed by atoms with Gasteiger partial charge in [-0.1, -0.05) is 6.92 Å². The summed E-state index contributed by atoms with van der Waals surface area (Å²) >= 11 is 0. The van der Waals surface area contributed by atoms with Crippen LogP contribution in [-0.4, -0.2) is 25.0 Å². The van der Waals surface area contributed by atoms with Gasteiger partial charge in [-0.3, -0.25) is 4.79 Å². The van der Waals surface area contributed by atoms with E-state index in [9.17, 15) is 4.79 Å². The predicted octanol–water partition coefficient (Wildman–Crippen LogP) is 1.43. The van der Waals surface area contributed by atoms with E-state index in [0.717, 1.165) is 12.8 Å². The van der Waals surface area contributed by atoms with E-state index in [4.69, 9.17) is 5.26 Å². The van der Waals surface area contributed by atoms with Crippen LogP contribution in [0, 0.1) is 16.7 Å². The van der Waals surface area contributed by atoms with Gasteiger partial charge in [-0.15, -0.1) is 0 Å². The maximum Gasteiger partial charge on any atom is 0.236 e. The molecule has 0 aromatic carbocycles. The zero-order valence-corrected chi connectivity index (χ0v) is 10.8. The zero-order valence-electron chi connectivity index (χ0n) is 10.8. The van der Waals surface area contributed by atoms with E-state index in [1.807, 2.05) is 27.7 Å². The van der Waals surface area contributed by atoms with Gasteiger partial charge in [0.25, 0.3) is 0 Å². The molecule has 92 valence electrons. The van der Waals surface area contributed by atoms with Crippen molar-refractivity contribution in [3.63, 3.8) is 0 Å². The normalized spacial score (nSPS) is 12.9. The quantitative estimate of drug-likeness (QED) is 0.689. The van der Waals surface area contributed by atoms with Crippen LogP contribution in [0.15, 0.2) is 0 Å². The van der Waals surface area contributed by atoms with Gasteiger partial charge in [0, 0.05) is 6.54 Å². The highest BCUT2D eigenvalue weighted by molar-refractivity contribution is 5.81. The SMILES string of the molecule is CCCNC(=O)C(C)NCCC(C)(C)C#N. The molecule has 0 radical (unpaired) electrons. The van der Waals surface area contributed by atoms with Crippen molar-refractivity contribution in [2.24, 2.45) is 5.41 Å². The molecule has 1 atom stereocenters. The van der Waals surface area contributed by atoms with Crippen molar-refractivity contribution in [1.82, 2.24) is 10.6 Å². The predicted molar refractivity (Wildman–Crippen MR) is 64.8 cm³/mol. The molecule has 16 heavy (non-hydrogen) atoms. The highest BCUT2D eigenvalue weighted by Gasteiger charge is 2.17. The average molecular weight is 225 g/mol. The Kier molecular flexibility index (Phi) is 6.75. The number of carbonyl (C=O) groups is 1. The van der Waals surface area contributed by atoms with E-state index < -0.39 is 0 Å². The molecule has 0 spiro atoms. The molecular weight excluding hydrogens is 202 g/mol. The fraction of sp³-hybridized carbons (Fsp3) is 0.833. The monoisotopic (exact) mass is 225 g/mol. The van der Waals surface area contributed by atoms with Gasteiger partial charge < -0.3 is 10.6 Å². The smallest absolute Gasteiger partial charge is 0.236 e. The van der Waals surface area contributed by atoms with Crippen LogP contribution in [-0.2, 0) is 4.79 Å².